The largest absolute Gasteiger partial charge is 0.495 e. The first-order chi connectivity index (χ1) is 13.8. The van der Waals surface area contributed by atoms with Crippen molar-refractivity contribution in [2.24, 2.45) is 11.1 Å². The fourth-order valence-electron chi connectivity index (χ4n) is 3.30. The molecule has 9 nitrogen and oxygen atoms in total. The minimum Gasteiger partial charge on any atom is -0.495 e. The molecule has 2 aliphatic heterocycles. The summed E-state index contributed by atoms with van der Waals surface area (Å²) in [5, 5.41) is 15.7. The summed E-state index contributed by atoms with van der Waals surface area (Å²) in [6.07, 6.45) is -1.20. The van der Waals surface area contributed by atoms with Crippen LogP contribution in [0.5, 0.6) is 5.75 Å². The lowest BCUT2D eigenvalue weighted by Crippen LogP contribution is -2.33. The first kappa shape index (κ1) is 19.2. The minimum absolute atomic E-state index is 0.0451. The zero-order valence-corrected chi connectivity index (χ0v) is 16.2. The number of non-ortho nitro benzene ring substituents is 1. The van der Waals surface area contributed by atoms with E-state index in [1.807, 2.05) is 0 Å². The molecule has 2 amide bonds. The molecular weight excluding hydrogens is 425 g/mol. The number of ether oxygens (including phenoxy) is 1. The van der Waals surface area contributed by atoms with Crippen LogP contribution in [0.25, 0.3) is 0 Å². The fourth-order valence-corrected chi connectivity index (χ4v) is 3.81. The normalized spacial score (nSPS) is 20.4. The highest BCUT2D eigenvalue weighted by molar-refractivity contribution is 6.39. The molecule has 11 heteroatoms. The second-order valence-electron chi connectivity index (χ2n) is 6.23. The number of hydrogen-bond acceptors (Lipinski definition) is 7. The molecule has 1 fully saturated rings. The van der Waals surface area contributed by atoms with E-state index in [2.05, 4.69) is 5.16 Å². The Hall–Kier alpha value is -3.17. The van der Waals surface area contributed by atoms with Crippen molar-refractivity contribution in [2.75, 3.05) is 12.0 Å². The van der Waals surface area contributed by atoms with Gasteiger partial charge < -0.3 is 9.57 Å². The number of benzene rings is 2. The van der Waals surface area contributed by atoms with Gasteiger partial charge in [-0.05, 0) is 18.2 Å². The third kappa shape index (κ3) is 2.99. The van der Waals surface area contributed by atoms with Crippen molar-refractivity contribution in [1.82, 2.24) is 0 Å². The quantitative estimate of drug-likeness (QED) is 0.414. The highest BCUT2D eigenvalue weighted by Crippen LogP contribution is 2.41. The number of nitrogens with zero attached hydrogens (tertiary/aromatic N) is 3. The van der Waals surface area contributed by atoms with Gasteiger partial charge in [-0.1, -0.05) is 34.4 Å². The molecular formula is C18H11Cl2N3O6. The molecule has 2 heterocycles. The van der Waals surface area contributed by atoms with E-state index in [0.29, 0.717) is 10.6 Å². The van der Waals surface area contributed by atoms with E-state index in [1.165, 1.54) is 25.3 Å². The Kier molecular flexibility index (Phi) is 4.64. The van der Waals surface area contributed by atoms with Gasteiger partial charge in [-0.2, -0.15) is 0 Å². The Balaban J connectivity index is 1.77. The number of nitro groups is 1. The Bertz CT molecular complexity index is 1100. The summed E-state index contributed by atoms with van der Waals surface area (Å²) >= 11 is 12.1. The zero-order chi connectivity index (χ0) is 20.9. The van der Waals surface area contributed by atoms with E-state index in [-0.39, 0.29) is 27.9 Å². The summed E-state index contributed by atoms with van der Waals surface area (Å²) < 4.78 is 5.18. The van der Waals surface area contributed by atoms with Gasteiger partial charge in [0.1, 0.15) is 23.1 Å². The van der Waals surface area contributed by atoms with E-state index in [4.69, 9.17) is 32.8 Å². The molecule has 2 aromatic carbocycles. The Morgan fingerprint density at radius 3 is 2.59 bits per heavy atom. The number of oxime groups is 1. The number of anilines is 1. The first-order valence-corrected chi connectivity index (χ1v) is 8.98. The van der Waals surface area contributed by atoms with Crippen LogP contribution in [-0.4, -0.2) is 35.7 Å². The average molecular weight is 436 g/mol. The van der Waals surface area contributed by atoms with Crippen LogP contribution in [0.3, 0.4) is 0 Å². The van der Waals surface area contributed by atoms with Gasteiger partial charge in [0.15, 0.2) is 0 Å². The smallest absolute Gasteiger partial charge is 0.279 e. The van der Waals surface area contributed by atoms with E-state index in [1.54, 1.807) is 12.1 Å². The van der Waals surface area contributed by atoms with Crippen LogP contribution in [0.2, 0.25) is 10.0 Å². The van der Waals surface area contributed by atoms with Crippen LogP contribution in [0, 0.1) is 16.0 Å². The topological polar surface area (TPSA) is 111 Å². The van der Waals surface area contributed by atoms with Crippen LogP contribution in [0.15, 0.2) is 41.6 Å². The number of halogens is 2. The van der Waals surface area contributed by atoms with Crippen molar-refractivity contribution in [3.8, 4) is 5.75 Å². The van der Waals surface area contributed by atoms with Crippen molar-refractivity contribution < 1.29 is 24.1 Å². The SMILES string of the molecule is COc1ccc([N+](=O)[O-])cc1N1C(=O)[C@H]2C(c3ccc(Cl)cc3Cl)=NO[C@H]2C1=O. The van der Waals surface area contributed by atoms with Crippen LogP contribution in [-0.2, 0) is 14.4 Å². The van der Waals surface area contributed by atoms with Gasteiger partial charge in [0.2, 0.25) is 12.0 Å². The molecule has 2 aromatic rings. The zero-order valence-electron chi connectivity index (χ0n) is 14.7. The number of carbonyl (C=O) groups is 2. The molecule has 0 spiro atoms. The number of hydrogen-bond donors (Lipinski definition) is 0. The van der Waals surface area contributed by atoms with Crippen molar-refractivity contribution in [3.05, 3.63) is 62.1 Å². The van der Waals surface area contributed by atoms with Crippen molar-refractivity contribution in [2.45, 2.75) is 6.10 Å². The molecule has 0 unspecified atom stereocenters. The van der Waals surface area contributed by atoms with Crippen molar-refractivity contribution in [3.63, 3.8) is 0 Å². The monoisotopic (exact) mass is 435 g/mol. The summed E-state index contributed by atoms with van der Waals surface area (Å²) in [6, 6.07) is 8.25. The van der Waals surface area contributed by atoms with Gasteiger partial charge in [-0.25, -0.2) is 4.90 Å². The maximum atomic E-state index is 13.2. The summed E-state index contributed by atoms with van der Waals surface area (Å²) in [6.45, 7) is 0. The molecule has 2 atom stereocenters. The third-order valence-corrected chi connectivity index (χ3v) is 5.18. The maximum absolute atomic E-state index is 13.2. The minimum atomic E-state index is -1.20. The predicted octanol–water partition coefficient (Wildman–Crippen LogP) is 3.20. The molecule has 0 aromatic heterocycles. The lowest BCUT2D eigenvalue weighted by atomic mass is 9.94. The van der Waals surface area contributed by atoms with Crippen LogP contribution < -0.4 is 9.64 Å². The standard InChI is InChI=1S/C18H11Cl2N3O6/c1-28-13-5-3-9(23(26)27)7-12(13)22-17(24)14-15(21-29-16(14)18(22)25)10-4-2-8(19)6-11(10)20/h2-7,14,16H,1H3/t14-,16+/m0/s1. The maximum Gasteiger partial charge on any atom is 0.279 e. The Morgan fingerprint density at radius 2 is 1.93 bits per heavy atom. The van der Waals surface area contributed by atoms with Crippen molar-refractivity contribution in [1.29, 1.82) is 0 Å². The summed E-state index contributed by atoms with van der Waals surface area (Å²) in [5.41, 5.74) is 0.241. The number of fused-ring (bicyclic) bond motifs is 1. The summed E-state index contributed by atoms with van der Waals surface area (Å²) in [4.78, 5) is 42.6. The number of carbonyl (C=O) groups excluding carboxylic acids is 2. The average Bonchev–Trinajstić information content (AvgIpc) is 3.21. The second-order valence-corrected chi connectivity index (χ2v) is 7.07. The highest BCUT2D eigenvalue weighted by Gasteiger charge is 2.57. The Morgan fingerprint density at radius 1 is 1.17 bits per heavy atom. The first-order valence-electron chi connectivity index (χ1n) is 8.23. The molecule has 0 aliphatic carbocycles. The molecule has 29 heavy (non-hydrogen) atoms. The number of methoxy groups -OCH3 is 1. The van der Waals surface area contributed by atoms with Gasteiger partial charge in [0.25, 0.3) is 11.6 Å². The Labute approximate surface area is 173 Å². The molecule has 0 saturated carbocycles. The fraction of sp³-hybridized carbons (Fsp3) is 0.167. The molecule has 4 rings (SSSR count). The highest BCUT2D eigenvalue weighted by atomic mass is 35.5. The van der Waals surface area contributed by atoms with Crippen LogP contribution in [0.4, 0.5) is 11.4 Å². The van der Waals surface area contributed by atoms with Crippen molar-refractivity contribution >= 4 is 52.1 Å². The lowest BCUT2D eigenvalue weighted by Gasteiger charge is -2.18. The number of amides is 2. The molecule has 148 valence electrons. The van der Waals surface area contributed by atoms with Gasteiger partial charge in [-0.15, -0.1) is 0 Å². The predicted molar refractivity (Wildman–Crippen MR) is 104 cm³/mol. The van der Waals surface area contributed by atoms with Crippen LogP contribution in [0.1, 0.15) is 5.56 Å². The van der Waals surface area contributed by atoms with Gasteiger partial charge >= 0.3 is 0 Å². The summed E-state index contributed by atoms with van der Waals surface area (Å²) in [7, 11) is 1.33. The molecule has 2 aliphatic rings. The van der Waals surface area contributed by atoms with E-state index in [9.17, 15) is 19.7 Å². The van der Waals surface area contributed by atoms with Gasteiger partial charge in [0, 0.05) is 22.7 Å². The van der Waals surface area contributed by atoms with Crippen LogP contribution >= 0.6 is 23.2 Å². The van der Waals surface area contributed by atoms with E-state index < -0.39 is 28.8 Å². The number of nitro benzene ring substituents is 1. The number of rotatable bonds is 4. The van der Waals surface area contributed by atoms with E-state index in [0.717, 1.165) is 11.0 Å². The second kappa shape index (κ2) is 7.02. The third-order valence-electron chi connectivity index (χ3n) is 4.63. The lowest BCUT2D eigenvalue weighted by molar-refractivity contribution is -0.384. The molecule has 0 radical (unpaired) electrons. The van der Waals surface area contributed by atoms with Gasteiger partial charge in [0.05, 0.1) is 17.1 Å². The summed E-state index contributed by atoms with van der Waals surface area (Å²) in [5.74, 6) is -2.28. The molecule has 0 bridgehead atoms. The molecule has 1 saturated heterocycles. The van der Waals surface area contributed by atoms with Gasteiger partial charge in [-0.3, -0.25) is 19.7 Å². The van der Waals surface area contributed by atoms with E-state index >= 15 is 0 Å². The molecule has 0 N–H and O–H groups in total. The number of imide groups is 1.